The quantitative estimate of drug-likeness (QED) is 0.705. The third kappa shape index (κ3) is 4.01. The fourth-order valence-corrected chi connectivity index (χ4v) is 3.10. The molecular weight excluding hydrogens is 356 g/mol. The van der Waals surface area contributed by atoms with Gasteiger partial charge in [-0.2, -0.15) is 5.26 Å². The van der Waals surface area contributed by atoms with Crippen molar-refractivity contribution in [1.82, 2.24) is 15.5 Å². The lowest BCUT2D eigenvalue weighted by Gasteiger charge is -2.28. The van der Waals surface area contributed by atoms with E-state index in [1.807, 2.05) is 38.1 Å². The minimum Gasteiger partial charge on any atom is -0.336 e. The third-order valence-corrected chi connectivity index (χ3v) is 5.43. The molecule has 7 nitrogen and oxygen atoms in total. The zero-order valence-corrected chi connectivity index (χ0v) is 17.1. The molecule has 28 heavy (non-hydrogen) atoms. The Hall–Kier alpha value is -2.88. The highest BCUT2D eigenvalue weighted by Gasteiger charge is 2.49. The van der Waals surface area contributed by atoms with Crippen LogP contribution in [0.4, 0.5) is 4.79 Å². The van der Waals surface area contributed by atoms with Gasteiger partial charge in [-0.05, 0) is 37.3 Å². The predicted molar refractivity (Wildman–Crippen MR) is 105 cm³/mol. The topological polar surface area (TPSA) is 102 Å². The Bertz CT molecular complexity index is 812. The first kappa shape index (κ1) is 21.4. The standard InChI is InChI=1S/C21H28N4O3/c1-6-7-15-8-10-16(11-9-15)21(5)18(27)25(19(28)24-21)12-17(26)23-20(4,13-22)14(2)3/h8-11,14H,6-7,12H2,1-5H3,(H,23,26)(H,24,28)/t20-,21+/m0/s1. The summed E-state index contributed by atoms with van der Waals surface area (Å²) in [5, 5.41) is 14.7. The first-order chi connectivity index (χ1) is 13.1. The maximum absolute atomic E-state index is 13.0. The highest BCUT2D eigenvalue weighted by molar-refractivity contribution is 6.09. The molecule has 1 aromatic rings. The molecule has 0 aromatic heterocycles. The normalized spacial score (nSPS) is 21.2. The highest BCUT2D eigenvalue weighted by Crippen LogP contribution is 2.29. The van der Waals surface area contributed by atoms with E-state index >= 15 is 0 Å². The number of nitriles is 1. The summed E-state index contributed by atoms with van der Waals surface area (Å²) in [5.41, 5.74) is -0.474. The molecule has 0 radical (unpaired) electrons. The molecule has 1 heterocycles. The van der Waals surface area contributed by atoms with E-state index in [1.165, 1.54) is 0 Å². The summed E-state index contributed by atoms with van der Waals surface area (Å²) in [6.07, 6.45) is 1.96. The van der Waals surface area contributed by atoms with Gasteiger partial charge < -0.3 is 10.6 Å². The SMILES string of the molecule is CCCc1ccc([C@@]2(C)NC(=O)N(CC(=O)N[C@@](C)(C#N)C(C)C)C2=O)cc1. The number of amides is 4. The number of urea groups is 1. The van der Waals surface area contributed by atoms with Crippen LogP contribution < -0.4 is 10.6 Å². The number of hydrogen-bond acceptors (Lipinski definition) is 4. The number of carbonyl (C=O) groups is 3. The molecule has 0 aliphatic carbocycles. The van der Waals surface area contributed by atoms with Crippen LogP contribution >= 0.6 is 0 Å². The van der Waals surface area contributed by atoms with Gasteiger partial charge in [0.05, 0.1) is 6.07 Å². The first-order valence-corrected chi connectivity index (χ1v) is 9.53. The number of nitrogens with one attached hydrogen (secondary N) is 2. The van der Waals surface area contributed by atoms with Crippen LogP contribution in [0.15, 0.2) is 24.3 Å². The highest BCUT2D eigenvalue weighted by atomic mass is 16.2. The lowest BCUT2D eigenvalue weighted by atomic mass is 9.90. The van der Waals surface area contributed by atoms with E-state index in [2.05, 4.69) is 23.6 Å². The van der Waals surface area contributed by atoms with Crippen molar-refractivity contribution in [3.8, 4) is 6.07 Å². The minimum absolute atomic E-state index is 0.128. The van der Waals surface area contributed by atoms with Crippen molar-refractivity contribution in [3.05, 3.63) is 35.4 Å². The number of rotatable bonds is 7. The Kier molecular flexibility index (Phi) is 6.13. The second-order valence-electron chi connectivity index (χ2n) is 7.91. The van der Waals surface area contributed by atoms with Crippen LogP contribution in [0.3, 0.4) is 0 Å². The molecule has 1 fully saturated rings. The van der Waals surface area contributed by atoms with Gasteiger partial charge in [0.1, 0.15) is 17.6 Å². The van der Waals surface area contributed by atoms with Crippen LogP contribution in [0.5, 0.6) is 0 Å². The maximum atomic E-state index is 13.0. The molecule has 1 aliphatic rings. The number of hydrogen-bond donors (Lipinski definition) is 2. The third-order valence-electron chi connectivity index (χ3n) is 5.43. The summed E-state index contributed by atoms with van der Waals surface area (Å²) in [5.74, 6) is -1.17. The number of imide groups is 1. The van der Waals surface area contributed by atoms with Gasteiger partial charge in [-0.1, -0.05) is 51.5 Å². The van der Waals surface area contributed by atoms with E-state index in [-0.39, 0.29) is 5.92 Å². The van der Waals surface area contributed by atoms with Crippen LogP contribution in [-0.4, -0.2) is 34.8 Å². The Morgan fingerprint density at radius 3 is 2.43 bits per heavy atom. The summed E-state index contributed by atoms with van der Waals surface area (Å²) < 4.78 is 0. The summed E-state index contributed by atoms with van der Waals surface area (Å²) in [7, 11) is 0. The van der Waals surface area contributed by atoms with Crippen LogP contribution in [0.25, 0.3) is 0 Å². The van der Waals surface area contributed by atoms with Crippen molar-refractivity contribution < 1.29 is 14.4 Å². The minimum atomic E-state index is -1.22. The smallest absolute Gasteiger partial charge is 0.325 e. The fourth-order valence-electron chi connectivity index (χ4n) is 3.10. The van der Waals surface area contributed by atoms with E-state index in [0.29, 0.717) is 5.56 Å². The molecule has 0 saturated carbocycles. The zero-order valence-electron chi connectivity index (χ0n) is 17.1. The molecule has 150 valence electrons. The molecule has 4 amide bonds. The Balaban J connectivity index is 2.16. The largest absolute Gasteiger partial charge is 0.336 e. The van der Waals surface area contributed by atoms with Crippen molar-refractivity contribution in [1.29, 1.82) is 5.26 Å². The molecule has 7 heteroatoms. The molecule has 0 unspecified atom stereocenters. The van der Waals surface area contributed by atoms with Crippen molar-refractivity contribution in [2.45, 2.75) is 58.5 Å². The van der Waals surface area contributed by atoms with Gasteiger partial charge in [0.15, 0.2) is 0 Å². The van der Waals surface area contributed by atoms with E-state index in [0.717, 1.165) is 23.3 Å². The van der Waals surface area contributed by atoms with Gasteiger partial charge in [0, 0.05) is 0 Å². The lowest BCUT2D eigenvalue weighted by Crippen LogP contribution is -2.52. The molecular formula is C21H28N4O3. The average Bonchev–Trinajstić information content (AvgIpc) is 2.86. The summed E-state index contributed by atoms with van der Waals surface area (Å²) in [4.78, 5) is 38.6. The van der Waals surface area contributed by atoms with Crippen LogP contribution in [0, 0.1) is 17.2 Å². The maximum Gasteiger partial charge on any atom is 0.325 e. The molecule has 1 aliphatic heterocycles. The summed E-state index contributed by atoms with van der Waals surface area (Å²) >= 11 is 0. The van der Waals surface area contributed by atoms with E-state index in [9.17, 15) is 19.6 Å². The Morgan fingerprint density at radius 1 is 1.32 bits per heavy atom. The van der Waals surface area contributed by atoms with E-state index in [1.54, 1.807) is 13.8 Å². The number of benzene rings is 1. The van der Waals surface area contributed by atoms with E-state index < -0.39 is 35.5 Å². The molecule has 2 N–H and O–H groups in total. The van der Waals surface area contributed by atoms with Crippen molar-refractivity contribution >= 4 is 17.8 Å². The molecule has 0 spiro atoms. The molecule has 0 bridgehead atoms. The predicted octanol–water partition coefficient (Wildman–Crippen LogP) is 2.46. The summed E-state index contributed by atoms with van der Waals surface area (Å²) in [6.45, 7) is 8.54. The summed E-state index contributed by atoms with van der Waals surface area (Å²) in [6, 6.07) is 9.01. The van der Waals surface area contributed by atoms with Gasteiger partial charge in [0.25, 0.3) is 5.91 Å². The molecule has 2 rings (SSSR count). The van der Waals surface area contributed by atoms with Crippen LogP contribution in [0.1, 0.15) is 52.2 Å². The second-order valence-corrected chi connectivity index (χ2v) is 7.91. The van der Waals surface area contributed by atoms with Gasteiger partial charge >= 0.3 is 6.03 Å². The molecule has 1 aromatic carbocycles. The first-order valence-electron chi connectivity index (χ1n) is 9.53. The Labute approximate surface area is 166 Å². The van der Waals surface area contributed by atoms with Crippen molar-refractivity contribution in [2.24, 2.45) is 5.92 Å². The number of aryl methyl sites for hydroxylation is 1. The van der Waals surface area contributed by atoms with Crippen LogP contribution in [0.2, 0.25) is 0 Å². The monoisotopic (exact) mass is 384 g/mol. The molecule has 2 atom stereocenters. The van der Waals surface area contributed by atoms with E-state index in [4.69, 9.17) is 0 Å². The Morgan fingerprint density at radius 2 is 1.93 bits per heavy atom. The molecule has 1 saturated heterocycles. The zero-order chi connectivity index (χ0) is 21.1. The van der Waals surface area contributed by atoms with Crippen LogP contribution in [-0.2, 0) is 21.5 Å². The van der Waals surface area contributed by atoms with Gasteiger partial charge in [-0.3, -0.25) is 14.5 Å². The number of carbonyl (C=O) groups excluding carboxylic acids is 3. The van der Waals surface area contributed by atoms with Crippen molar-refractivity contribution in [3.63, 3.8) is 0 Å². The van der Waals surface area contributed by atoms with Crippen molar-refractivity contribution in [2.75, 3.05) is 6.54 Å². The second kappa shape index (κ2) is 8.01. The average molecular weight is 384 g/mol. The fraction of sp³-hybridized carbons (Fsp3) is 0.524. The van der Waals surface area contributed by atoms with Gasteiger partial charge in [-0.15, -0.1) is 0 Å². The lowest BCUT2D eigenvalue weighted by molar-refractivity contribution is -0.135. The van der Waals surface area contributed by atoms with Gasteiger partial charge in [0.2, 0.25) is 5.91 Å². The number of nitrogens with zero attached hydrogens (tertiary/aromatic N) is 2. The van der Waals surface area contributed by atoms with Gasteiger partial charge in [-0.25, -0.2) is 4.79 Å².